The highest BCUT2D eigenvalue weighted by molar-refractivity contribution is 6.92. The van der Waals surface area contributed by atoms with Crippen molar-refractivity contribution in [3.05, 3.63) is 154 Å². The first kappa shape index (κ1) is 55.7. The molecule has 0 N–H and O–H groups in total. The molecule has 0 heterocycles. The summed E-state index contributed by atoms with van der Waals surface area (Å²) in [6, 6.07) is 43.8. The highest BCUT2D eigenvalue weighted by Gasteiger charge is 2.35. The van der Waals surface area contributed by atoms with E-state index in [1.807, 2.05) is 0 Å². The molecule has 0 aliphatic heterocycles. The van der Waals surface area contributed by atoms with Crippen LogP contribution in [-0.4, -0.2) is 0 Å². The van der Waals surface area contributed by atoms with Crippen LogP contribution < -0.4 is 0 Å². The molecule has 0 fully saturated rings. The van der Waals surface area contributed by atoms with E-state index in [0.717, 1.165) is 0 Å². The third kappa shape index (κ3) is 11.8. The van der Waals surface area contributed by atoms with Gasteiger partial charge in [0.15, 0.2) is 0 Å². The summed E-state index contributed by atoms with van der Waals surface area (Å²) in [7, 11) is 0. The molecule has 0 spiro atoms. The molecule has 0 bridgehead atoms. The van der Waals surface area contributed by atoms with Crippen molar-refractivity contribution in [3.63, 3.8) is 0 Å². The van der Waals surface area contributed by atoms with E-state index in [-0.39, 0.29) is 53.2 Å². The Morgan fingerprint density at radius 2 is 0.478 bits per heavy atom. The Hall–Kier alpha value is -4.25. The van der Waals surface area contributed by atoms with Gasteiger partial charge in [-0.2, -0.15) is 9.90 Å². The molecule has 0 saturated heterocycles. The van der Waals surface area contributed by atoms with E-state index in [2.05, 4.69) is 275 Å². The minimum absolute atomic E-state index is 0. The fourth-order valence-electron chi connectivity index (χ4n) is 9.99. The Bertz CT molecular complexity index is 2800. The molecule has 69 heavy (non-hydrogen) atoms. The second kappa shape index (κ2) is 18.7. The van der Waals surface area contributed by atoms with E-state index in [0.29, 0.717) is 0 Å². The van der Waals surface area contributed by atoms with Crippen molar-refractivity contribution in [2.75, 3.05) is 0 Å². The standard InChI is InChI=1S/C68H90.H3P/c1-61(2,3)44-30-34-48(54(38-44)65(13,14)15)52-42-53(49-35-31-45(62(4,5)6)39-55(49)66(16,17)18)59(50-36-32-46(63(7,8)9)40-56(50)67(19,20)21)60(58(52)43-28-26-25-27-29-43)51-37-33-47(64(10,11)12)41-57(51)68(22,23)24;/h25-42H,1-24H3;1H3. The predicted molar refractivity (Wildman–Crippen MR) is 314 cm³/mol. The van der Waals surface area contributed by atoms with Crippen LogP contribution >= 0.6 is 9.90 Å². The van der Waals surface area contributed by atoms with Gasteiger partial charge in [0, 0.05) is 0 Å². The fraction of sp³-hybridized carbons (Fsp3) is 0.471. The van der Waals surface area contributed by atoms with Crippen molar-refractivity contribution in [2.45, 2.75) is 209 Å². The van der Waals surface area contributed by atoms with Crippen molar-refractivity contribution < 1.29 is 0 Å². The highest BCUT2D eigenvalue weighted by Crippen LogP contribution is 2.56. The molecule has 0 amide bonds. The first-order valence-electron chi connectivity index (χ1n) is 25.7. The minimum Gasteiger partial charge on any atom is -0.153 e. The molecule has 0 aliphatic rings. The van der Waals surface area contributed by atoms with Gasteiger partial charge < -0.3 is 0 Å². The summed E-state index contributed by atoms with van der Waals surface area (Å²) >= 11 is 0. The Balaban J connectivity index is 0.00000888. The van der Waals surface area contributed by atoms with Crippen molar-refractivity contribution >= 4 is 9.90 Å². The van der Waals surface area contributed by atoms with Gasteiger partial charge >= 0.3 is 0 Å². The van der Waals surface area contributed by atoms with E-state index in [1.54, 1.807) is 0 Å². The third-order valence-corrected chi connectivity index (χ3v) is 14.3. The Morgan fingerprint density at radius 3 is 0.768 bits per heavy atom. The molecule has 1 unspecified atom stereocenters. The summed E-state index contributed by atoms with van der Waals surface area (Å²) in [4.78, 5) is 0. The normalized spacial score (nSPS) is 13.4. The summed E-state index contributed by atoms with van der Waals surface area (Å²) in [5, 5.41) is 0. The summed E-state index contributed by atoms with van der Waals surface area (Å²) in [5.74, 6) is 0. The lowest BCUT2D eigenvalue weighted by Gasteiger charge is -2.35. The van der Waals surface area contributed by atoms with Gasteiger partial charge in [-0.25, -0.2) is 0 Å². The lowest BCUT2D eigenvalue weighted by molar-refractivity contribution is 0.568. The molecule has 6 rings (SSSR count). The molecule has 6 aromatic carbocycles. The fourth-order valence-corrected chi connectivity index (χ4v) is 9.99. The molecule has 0 radical (unpaired) electrons. The van der Waals surface area contributed by atoms with Gasteiger partial charge in [0.2, 0.25) is 0 Å². The molecular weight excluding hydrogens is 848 g/mol. The van der Waals surface area contributed by atoms with Gasteiger partial charge in [-0.1, -0.05) is 269 Å². The molecule has 6 aromatic rings. The number of rotatable bonds is 5. The summed E-state index contributed by atoms with van der Waals surface area (Å²) < 4.78 is 0. The van der Waals surface area contributed by atoms with E-state index in [9.17, 15) is 0 Å². The van der Waals surface area contributed by atoms with E-state index in [1.165, 1.54) is 100 Å². The second-order valence-corrected chi connectivity index (χ2v) is 28.5. The maximum Gasteiger partial charge on any atom is -0.00112 e. The topological polar surface area (TPSA) is 0 Å². The van der Waals surface area contributed by atoms with Crippen LogP contribution in [0.5, 0.6) is 0 Å². The van der Waals surface area contributed by atoms with Gasteiger partial charge in [-0.3, -0.25) is 0 Å². The van der Waals surface area contributed by atoms with Crippen molar-refractivity contribution in [3.8, 4) is 55.6 Å². The van der Waals surface area contributed by atoms with Crippen molar-refractivity contribution in [1.82, 2.24) is 0 Å². The lowest BCUT2D eigenvalue weighted by Crippen LogP contribution is -2.20. The average Bonchev–Trinajstić information content (AvgIpc) is 3.19. The molecule has 0 aromatic heterocycles. The van der Waals surface area contributed by atoms with Gasteiger partial charge in [0.1, 0.15) is 0 Å². The number of benzene rings is 6. The van der Waals surface area contributed by atoms with Crippen LogP contribution in [0.3, 0.4) is 0 Å². The molecule has 1 atom stereocenters. The summed E-state index contributed by atoms with van der Waals surface area (Å²) in [6.45, 7) is 57.1. The van der Waals surface area contributed by atoms with Gasteiger partial charge in [0.25, 0.3) is 0 Å². The smallest absolute Gasteiger partial charge is 0.00112 e. The largest absolute Gasteiger partial charge is 0.153 e. The van der Waals surface area contributed by atoms with Gasteiger partial charge in [-0.05, 0) is 150 Å². The van der Waals surface area contributed by atoms with Crippen LogP contribution in [0.15, 0.2) is 109 Å². The highest BCUT2D eigenvalue weighted by atomic mass is 31.0. The maximum atomic E-state index is 2.63. The number of hydrogen-bond donors (Lipinski definition) is 0. The van der Waals surface area contributed by atoms with Crippen molar-refractivity contribution in [2.24, 2.45) is 0 Å². The number of hydrogen-bond acceptors (Lipinski definition) is 0. The van der Waals surface area contributed by atoms with Gasteiger partial charge in [-0.15, -0.1) is 0 Å². The molecule has 370 valence electrons. The van der Waals surface area contributed by atoms with Crippen molar-refractivity contribution in [1.29, 1.82) is 0 Å². The summed E-state index contributed by atoms with van der Waals surface area (Å²) in [6.07, 6.45) is 0. The van der Waals surface area contributed by atoms with Crippen LogP contribution in [0.25, 0.3) is 55.6 Å². The van der Waals surface area contributed by atoms with E-state index in [4.69, 9.17) is 0 Å². The Kier molecular flexibility index (Phi) is 15.1. The third-order valence-electron chi connectivity index (χ3n) is 14.3. The van der Waals surface area contributed by atoms with Crippen LogP contribution in [-0.2, 0) is 43.3 Å². The molecule has 0 saturated carbocycles. The van der Waals surface area contributed by atoms with Crippen LogP contribution in [0, 0.1) is 0 Å². The monoisotopic (exact) mass is 941 g/mol. The van der Waals surface area contributed by atoms with E-state index >= 15 is 0 Å². The zero-order valence-electron chi connectivity index (χ0n) is 48.1. The maximum absolute atomic E-state index is 2.63. The zero-order chi connectivity index (χ0) is 51.1. The van der Waals surface area contributed by atoms with Crippen LogP contribution in [0.1, 0.15) is 211 Å². The van der Waals surface area contributed by atoms with Crippen LogP contribution in [0.2, 0.25) is 0 Å². The van der Waals surface area contributed by atoms with Gasteiger partial charge in [0.05, 0.1) is 0 Å². The predicted octanol–water partition coefficient (Wildman–Crippen LogP) is 20.5. The first-order chi connectivity index (χ1) is 30.8. The zero-order valence-corrected chi connectivity index (χ0v) is 49.5. The minimum atomic E-state index is -0.170. The van der Waals surface area contributed by atoms with E-state index < -0.39 is 0 Å². The Morgan fingerprint density at radius 1 is 0.217 bits per heavy atom. The second-order valence-electron chi connectivity index (χ2n) is 28.5. The first-order valence-corrected chi connectivity index (χ1v) is 25.7. The average molecular weight is 941 g/mol. The lowest BCUT2D eigenvalue weighted by atomic mass is 9.69. The molecule has 1 heteroatoms. The summed E-state index contributed by atoms with van der Waals surface area (Å²) in [5.41, 5.74) is 23.1. The molecule has 0 aliphatic carbocycles. The SMILES string of the molecule is CC(C)(C)c1ccc(-c2cc(-c3ccc(C(C)(C)C)cc3C(C)(C)C)c(-c3ccc(C(C)(C)C)cc3C(C)(C)C)c(-c3ccc(C(C)(C)C)cc3C(C)(C)C)c2-c2ccccc2)c(C(C)(C)C)c1.P. The molecule has 0 nitrogen and oxygen atoms in total. The Labute approximate surface area is 426 Å². The quantitative estimate of drug-likeness (QED) is 0.151. The van der Waals surface area contributed by atoms with Crippen LogP contribution in [0.4, 0.5) is 0 Å². The molecular formula is C68H93P.